The molecule has 0 radical (unpaired) electrons. The second-order valence-electron chi connectivity index (χ2n) is 10.9. The molecule has 0 fully saturated rings. The van der Waals surface area contributed by atoms with Gasteiger partial charge in [0.25, 0.3) is 0 Å². The summed E-state index contributed by atoms with van der Waals surface area (Å²) in [6.45, 7) is 0. The standard InChI is InChI=1S/C18H32O2.C16H13N3O3/c19-18(20)16-10-8-6-4-2-1-3-5-7-9-13-17-14-11-12-15-17;1-22-16(21)19-15-17-12-8-7-11(9-13(12)18-15)14(20)10-5-3-2-4-6-10/h11,14,17H,1-10,12-13,15-16H2,(H,19,20);2-9H,1H3,(H2,17,18,19,21). The fraction of sp³-hybridized carbons (Fsp3) is 0.471. The smallest absolute Gasteiger partial charge is 0.413 e. The van der Waals surface area contributed by atoms with Gasteiger partial charge < -0.3 is 14.8 Å². The van der Waals surface area contributed by atoms with Gasteiger partial charge in [0.15, 0.2) is 5.78 Å². The molecule has 8 nitrogen and oxygen atoms in total. The van der Waals surface area contributed by atoms with E-state index in [9.17, 15) is 14.4 Å². The third-order valence-corrected chi connectivity index (χ3v) is 7.51. The van der Waals surface area contributed by atoms with Gasteiger partial charge in [0.1, 0.15) is 0 Å². The summed E-state index contributed by atoms with van der Waals surface area (Å²) in [4.78, 5) is 41.0. The van der Waals surface area contributed by atoms with Gasteiger partial charge in [-0.25, -0.2) is 9.78 Å². The molecule has 1 atom stereocenters. The van der Waals surface area contributed by atoms with E-state index < -0.39 is 12.1 Å². The Morgan fingerprint density at radius 3 is 2.19 bits per heavy atom. The highest BCUT2D eigenvalue weighted by atomic mass is 16.5. The summed E-state index contributed by atoms with van der Waals surface area (Å²) in [6, 6.07) is 14.2. The lowest BCUT2D eigenvalue weighted by atomic mass is 9.99. The first-order valence-electron chi connectivity index (χ1n) is 15.3. The number of nitrogens with one attached hydrogen (secondary N) is 2. The van der Waals surface area contributed by atoms with Crippen molar-refractivity contribution in [3.05, 3.63) is 71.8 Å². The first-order chi connectivity index (χ1) is 20.5. The highest BCUT2D eigenvalue weighted by Crippen LogP contribution is 2.23. The van der Waals surface area contributed by atoms with Crippen LogP contribution in [0.2, 0.25) is 0 Å². The number of hydrogen-bond donors (Lipinski definition) is 3. The summed E-state index contributed by atoms with van der Waals surface area (Å²) < 4.78 is 4.51. The number of fused-ring (bicyclic) bond motifs is 1. The molecule has 8 heteroatoms. The number of aromatic amines is 1. The number of carboxylic acids is 1. The van der Waals surface area contributed by atoms with Crippen LogP contribution < -0.4 is 5.32 Å². The number of hydrogen-bond acceptors (Lipinski definition) is 5. The zero-order valence-corrected chi connectivity index (χ0v) is 24.8. The summed E-state index contributed by atoms with van der Waals surface area (Å²) >= 11 is 0. The van der Waals surface area contributed by atoms with Crippen molar-refractivity contribution in [1.29, 1.82) is 0 Å². The fourth-order valence-electron chi connectivity index (χ4n) is 5.15. The molecular weight excluding hydrogens is 530 g/mol. The number of allylic oxidation sites excluding steroid dienone is 2. The van der Waals surface area contributed by atoms with Crippen LogP contribution in [-0.4, -0.2) is 40.0 Å². The monoisotopic (exact) mass is 575 g/mol. The minimum absolute atomic E-state index is 0.0698. The van der Waals surface area contributed by atoms with Crippen molar-refractivity contribution >= 4 is 34.8 Å². The molecule has 1 aromatic heterocycles. The number of carbonyl (C=O) groups is 3. The van der Waals surface area contributed by atoms with Gasteiger partial charge in [0, 0.05) is 17.5 Å². The maximum absolute atomic E-state index is 12.4. The van der Waals surface area contributed by atoms with Gasteiger partial charge in [0.05, 0.1) is 18.1 Å². The molecule has 0 saturated heterocycles. The van der Waals surface area contributed by atoms with Gasteiger partial charge in [0.2, 0.25) is 5.95 Å². The largest absolute Gasteiger partial charge is 0.481 e. The number of aliphatic carboxylic acids is 1. The average Bonchev–Trinajstić information content (AvgIpc) is 3.67. The number of ether oxygens (including phenoxy) is 1. The molecule has 3 aromatic rings. The van der Waals surface area contributed by atoms with Gasteiger partial charge in [-0.2, -0.15) is 0 Å². The molecule has 1 aliphatic carbocycles. The number of nitrogens with zero attached hydrogens (tertiary/aromatic N) is 1. The van der Waals surface area contributed by atoms with E-state index in [0.717, 1.165) is 18.8 Å². The summed E-state index contributed by atoms with van der Waals surface area (Å²) in [5, 5.41) is 11.0. The predicted octanol–water partition coefficient (Wildman–Crippen LogP) is 8.69. The van der Waals surface area contributed by atoms with Crippen molar-refractivity contribution in [2.75, 3.05) is 12.4 Å². The molecule has 1 aliphatic rings. The number of unbranched alkanes of at least 4 members (excludes halogenated alkanes) is 9. The molecule has 2 aromatic carbocycles. The lowest BCUT2D eigenvalue weighted by molar-refractivity contribution is -0.137. The maximum Gasteiger partial charge on any atom is 0.413 e. The van der Waals surface area contributed by atoms with E-state index >= 15 is 0 Å². The number of methoxy groups -OCH3 is 1. The molecule has 0 saturated carbocycles. The molecule has 226 valence electrons. The van der Waals surface area contributed by atoms with Crippen LogP contribution in [0.3, 0.4) is 0 Å². The van der Waals surface area contributed by atoms with Crippen molar-refractivity contribution in [3.63, 3.8) is 0 Å². The summed E-state index contributed by atoms with van der Waals surface area (Å²) in [5.41, 5.74) is 2.48. The summed E-state index contributed by atoms with van der Waals surface area (Å²) in [7, 11) is 1.27. The molecule has 1 unspecified atom stereocenters. The number of imidazole rings is 1. The van der Waals surface area contributed by atoms with Gasteiger partial charge in [-0.3, -0.25) is 14.9 Å². The number of H-pyrrole nitrogens is 1. The number of benzene rings is 2. The van der Waals surface area contributed by atoms with Crippen LogP contribution in [0.1, 0.15) is 106 Å². The number of ketones is 1. The third-order valence-electron chi connectivity index (χ3n) is 7.51. The first-order valence-corrected chi connectivity index (χ1v) is 15.3. The van der Waals surface area contributed by atoms with E-state index in [2.05, 4.69) is 32.2 Å². The molecule has 0 spiro atoms. The van der Waals surface area contributed by atoms with Crippen molar-refractivity contribution in [2.24, 2.45) is 5.92 Å². The number of carboxylic acid groups (broad SMARTS) is 1. The van der Waals surface area contributed by atoms with Crippen LogP contribution in [0.15, 0.2) is 60.7 Å². The van der Waals surface area contributed by atoms with E-state index in [0.29, 0.717) is 28.6 Å². The Morgan fingerprint density at radius 2 is 1.57 bits per heavy atom. The Morgan fingerprint density at radius 1 is 0.905 bits per heavy atom. The van der Waals surface area contributed by atoms with Crippen LogP contribution in [0.4, 0.5) is 10.7 Å². The van der Waals surface area contributed by atoms with Crippen LogP contribution in [0, 0.1) is 5.92 Å². The highest BCUT2D eigenvalue weighted by molar-refractivity contribution is 6.10. The van der Waals surface area contributed by atoms with Crippen molar-refractivity contribution in [2.45, 2.75) is 89.9 Å². The topological polar surface area (TPSA) is 121 Å². The Kier molecular flexibility index (Phi) is 14.3. The van der Waals surface area contributed by atoms with E-state index in [1.54, 1.807) is 30.3 Å². The average molecular weight is 576 g/mol. The molecule has 0 aliphatic heterocycles. The second-order valence-corrected chi connectivity index (χ2v) is 10.9. The molecule has 1 amide bonds. The number of amides is 1. The molecule has 0 bridgehead atoms. The SMILES string of the molecule is COC(=O)Nc1nc2ccc(C(=O)c3ccccc3)cc2[nH]1.O=C(O)CCCCCCCCCCCCC1C=CCC1. The number of aromatic nitrogens is 2. The zero-order valence-electron chi connectivity index (χ0n) is 24.8. The van der Waals surface area contributed by atoms with E-state index in [1.807, 2.05) is 18.2 Å². The van der Waals surface area contributed by atoms with Crippen molar-refractivity contribution in [1.82, 2.24) is 9.97 Å². The minimum Gasteiger partial charge on any atom is -0.481 e. The Hall–Kier alpha value is -3.94. The molecule has 4 rings (SSSR count). The summed E-state index contributed by atoms with van der Waals surface area (Å²) in [6.07, 6.45) is 21.3. The predicted molar refractivity (Wildman–Crippen MR) is 167 cm³/mol. The van der Waals surface area contributed by atoms with Crippen molar-refractivity contribution in [3.8, 4) is 0 Å². The number of carbonyl (C=O) groups excluding carboxylic acids is 2. The van der Waals surface area contributed by atoms with Gasteiger partial charge in [-0.15, -0.1) is 0 Å². The normalized spacial score (nSPS) is 13.9. The first kappa shape index (κ1) is 32.6. The molecule has 1 heterocycles. The lowest BCUT2D eigenvalue weighted by Gasteiger charge is -2.06. The van der Waals surface area contributed by atoms with Crippen molar-refractivity contribution < 1.29 is 24.2 Å². The quantitative estimate of drug-likeness (QED) is 0.0892. The Bertz CT molecular complexity index is 1280. The van der Waals surface area contributed by atoms with Crippen LogP contribution in [0.25, 0.3) is 11.0 Å². The second kappa shape index (κ2) is 18.5. The summed E-state index contributed by atoms with van der Waals surface area (Å²) in [5.74, 6) is 0.435. The lowest BCUT2D eigenvalue weighted by Crippen LogP contribution is -2.11. The maximum atomic E-state index is 12.4. The van der Waals surface area contributed by atoms with E-state index in [4.69, 9.17) is 5.11 Å². The van der Waals surface area contributed by atoms with Gasteiger partial charge in [-0.05, 0) is 49.8 Å². The van der Waals surface area contributed by atoms with Crippen LogP contribution in [-0.2, 0) is 9.53 Å². The zero-order chi connectivity index (χ0) is 30.0. The van der Waals surface area contributed by atoms with Gasteiger partial charge >= 0.3 is 12.1 Å². The van der Waals surface area contributed by atoms with Crippen LogP contribution in [0.5, 0.6) is 0 Å². The Balaban J connectivity index is 0.000000232. The van der Waals surface area contributed by atoms with Crippen LogP contribution >= 0.6 is 0 Å². The molecule has 42 heavy (non-hydrogen) atoms. The van der Waals surface area contributed by atoms with Gasteiger partial charge in [-0.1, -0.05) is 100 Å². The van der Waals surface area contributed by atoms with E-state index in [-0.39, 0.29) is 11.7 Å². The van der Waals surface area contributed by atoms with E-state index in [1.165, 1.54) is 77.7 Å². The third kappa shape index (κ3) is 11.9. The minimum atomic E-state index is -0.655. The number of rotatable bonds is 16. The Labute approximate surface area is 249 Å². The fourth-order valence-corrected chi connectivity index (χ4v) is 5.15. The number of anilines is 1. The molecular formula is C34H45N3O5. The highest BCUT2D eigenvalue weighted by Gasteiger charge is 2.12. The molecule has 3 N–H and O–H groups in total.